The first-order chi connectivity index (χ1) is 20.4. The van der Waals surface area contributed by atoms with Gasteiger partial charge in [0.05, 0.1) is 22.9 Å². The highest BCUT2D eigenvalue weighted by Crippen LogP contribution is 2.35. The van der Waals surface area contributed by atoms with Crippen molar-refractivity contribution in [1.29, 1.82) is 0 Å². The van der Waals surface area contributed by atoms with Crippen molar-refractivity contribution in [2.24, 2.45) is 16.2 Å². The van der Waals surface area contributed by atoms with E-state index >= 15 is 0 Å². The molecule has 2 amide bonds. The molecule has 2 rings (SSSR count). The number of hydrogen-bond acceptors (Lipinski definition) is 9. The highest BCUT2D eigenvalue weighted by Gasteiger charge is 2.53. The van der Waals surface area contributed by atoms with Crippen molar-refractivity contribution in [2.45, 2.75) is 119 Å². The molecular formula is C33H49ClN2O9. The Morgan fingerprint density at radius 3 is 1.67 bits per heavy atom. The van der Waals surface area contributed by atoms with Crippen molar-refractivity contribution in [3.8, 4) is 0 Å². The number of ether oxygens (including phenoxy) is 4. The molecular weight excluding hydrogens is 604 g/mol. The summed E-state index contributed by atoms with van der Waals surface area (Å²) < 4.78 is 23.8. The summed E-state index contributed by atoms with van der Waals surface area (Å²) in [7, 11) is 0. The number of nitrogens with zero attached hydrogens (tertiary/aromatic N) is 1. The van der Waals surface area contributed by atoms with Gasteiger partial charge in [0.25, 0.3) is 0 Å². The number of benzene rings is 1. The Morgan fingerprint density at radius 2 is 1.24 bits per heavy atom. The van der Waals surface area contributed by atoms with Crippen LogP contribution in [0.15, 0.2) is 24.3 Å². The second-order valence-electron chi connectivity index (χ2n) is 15.4. The maximum Gasteiger partial charge on any atom is 0.311 e. The molecule has 1 fully saturated rings. The van der Waals surface area contributed by atoms with Crippen LogP contribution in [0.2, 0.25) is 5.02 Å². The second kappa shape index (κ2) is 14.1. The van der Waals surface area contributed by atoms with Gasteiger partial charge in [0.1, 0.15) is 6.04 Å². The summed E-state index contributed by atoms with van der Waals surface area (Å²) >= 11 is 6.13. The Labute approximate surface area is 271 Å². The standard InChI is InChI=1S/C33H49ClN2O9/c1-30(2,3)27(39)43-21-17-42-26(24(45-29(41)32(7,8)9)23(21)44-28(40)31(4,5)6)36(18-37)22(25(38)35-33(10,11)12)19-13-15-20(34)16-14-19/h13-16,18,21-24,26H,17H2,1-12H3,(H,35,38)/t21-,22+,23-,24+,26+/m1/s1. The average molecular weight is 653 g/mol. The van der Waals surface area contributed by atoms with E-state index in [-0.39, 0.29) is 6.61 Å². The number of hydrogen-bond donors (Lipinski definition) is 1. The van der Waals surface area contributed by atoms with Gasteiger partial charge in [-0.2, -0.15) is 0 Å². The normalized spacial score (nSPS) is 21.6. The Kier molecular flexibility index (Phi) is 11.9. The number of carbonyl (C=O) groups is 5. The van der Waals surface area contributed by atoms with Crippen LogP contribution in [0.1, 0.15) is 94.7 Å². The van der Waals surface area contributed by atoms with Crippen LogP contribution >= 0.6 is 11.6 Å². The van der Waals surface area contributed by atoms with Crippen LogP contribution in [0.3, 0.4) is 0 Å². The summed E-state index contributed by atoms with van der Waals surface area (Å²) in [5.41, 5.74) is -3.23. The average Bonchev–Trinajstić information content (AvgIpc) is 2.87. The van der Waals surface area contributed by atoms with Gasteiger partial charge in [-0.1, -0.05) is 23.7 Å². The smallest absolute Gasteiger partial charge is 0.311 e. The first-order valence-electron chi connectivity index (χ1n) is 14.9. The van der Waals surface area contributed by atoms with Crippen LogP contribution in [0.5, 0.6) is 0 Å². The third kappa shape index (κ3) is 10.4. The van der Waals surface area contributed by atoms with E-state index in [4.69, 9.17) is 30.5 Å². The molecule has 0 spiro atoms. The number of nitrogens with one attached hydrogen (secondary N) is 1. The van der Waals surface area contributed by atoms with E-state index in [2.05, 4.69) is 5.32 Å². The first-order valence-corrected chi connectivity index (χ1v) is 15.3. The first kappa shape index (κ1) is 38.0. The lowest BCUT2D eigenvalue weighted by Crippen LogP contribution is -2.64. The molecule has 0 bridgehead atoms. The molecule has 5 atom stereocenters. The fourth-order valence-corrected chi connectivity index (χ4v) is 4.23. The lowest BCUT2D eigenvalue weighted by Gasteiger charge is -2.46. The van der Waals surface area contributed by atoms with Gasteiger partial charge >= 0.3 is 17.9 Å². The van der Waals surface area contributed by atoms with Gasteiger partial charge in [0.15, 0.2) is 24.5 Å². The van der Waals surface area contributed by atoms with E-state index in [1.165, 1.54) is 0 Å². The molecule has 0 aliphatic carbocycles. The van der Waals surface area contributed by atoms with Crippen LogP contribution < -0.4 is 5.32 Å². The zero-order valence-corrected chi connectivity index (χ0v) is 29.2. The Hall–Kier alpha value is -3.18. The maximum atomic E-state index is 13.8. The number of halogens is 1. The molecule has 1 aromatic rings. The zero-order valence-electron chi connectivity index (χ0n) is 28.5. The van der Waals surface area contributed by atoms with Crippen molar-refractivity contribution in [3.05, 3.63) is 34.9 Å². The minimum absolute atomic E-state index is 0.337. The minimum atomic E-state index is -1.50. The lowest BCUT2D eigenvalue weighted by atomic mass is 9.94. The molecule has 45 heavy (non-hydrogen) atoms. The molecule has 1 heterocycles. The lowest BCUT2D eigenvalue weighted by molar-refractivity contribution is -0.257. The monoisotopic (exact) mass is 652 g/mol. The topological polar surface area (TPSA) is 138 Å². The van der Waals surface area contributed by atoms with Crippen LogP contribution in [-0.2, 0) is 42.9 Å². The molecule has 11 nitrogen and oxygen atoms in total. The Morgan fingerprint density at radius 1 is 0.800 bits per heavy atom. The summed E-state index contributed by atoms with van der Waals surface area (Å²) in [6, 6.07) is 5.05. The summed E-state index contributed by atoms with van der Waals surface area (Å²) in [4.78, 5) is 67.5. The van der Waals surface area contributed by atoms with Gasteiger partial charge in [0, 0.05) is 10.6 Å². The third-order valence-electron chi connectivity index (χ3n) is 6.63. The van der Waals surface area contributed by atoms with Crippen molar-refractivity contribution < 1.29 is 42.9 Å². The van der Waals surface area contributed by atoms with Crippen molar-refractivity contribution in [1.82, 2.24) is 10.2 Å². The molecule has 1 aliphatic heterocycles. The molecule has 1 aromatic carbocycles. The molecule has 12 heteroatoms. The molecule has 252 valence electrons. The predicted molar refractivity (Wildman–Crippen MR) is 168 cm³/mol. The van der Waals surface area contributed by atoms with E-state index in [1.54, 1.807) is 107 Å². The quantitative estimate of drug-likeness (QED) is 0.234. The Bertz CT molecular complexity index is 1240. The minimum Gasteiger partial charge on any atom is -0.455 e. The molecule has 1 saturated heterocycles. The summed E-state index contributed by atoms with van der Waals surface area (Å²) in [6.07, 6.45) is -5.14. The molecule has 0 unspecified atom stereocenters. The predicted octanol–water partition coefficient (Wildman–Crippen LogP) is 4.98. The fraction of sp³-hybridized carbons (Fsp3) is 0.667. The summed E-state index contributed by atoms with van der Waals surface area (Å²) in [6.45, 7) is 19.8. The van der Waals surface area contributed by atoms with Gasteiger partial charge in [-0.15, -0.1) is 0 Å². The molecule has 1 aliphatic rings. The summed E-state index contributed by atoms with van der Waals surface area (Å²) in [5, 5.41) is 3.30. The number of carbonyl (C=O) groups excluding carboxylic acids is 5. The highest BCUT2D eigenvalue weighted by atomic mass is 35.5. The Balaban J connectivity index is 2.77. The van der Waals surface area contributed by atoms with E-state index in [1.807, 2.05) is 0 Å². The van der Waals surface area contributed by atoms with Gasteiger partial charge in [-0.25, -0.2) is 0 Å². The maximum absolute atomic E-state index is 13.8. The largest absolute Gasteiger partial charge is 0.455 e. The van der Waals surface area contributed by atoms with Crippen LogP contribution in [0.4, 0.5) is 0 Å². The van der Waals surface area contributed by atoms with E-state index in [0.29, 0.717) is 17.0 Å². The number of esters is 3. The number of rotatable bonds is 8. The van der Waals surface area contributed by atoms with Crippen molar-refractivity contribution in [2.75, 3.05) is 6.61 Å². The molecule has 0 aromatic heterocycles. The van der Waals surface area contributed by atoms with E-state index < -0.39 is 76.2 Å². The highest BCUT2D eigenvalue weighted by molar-refractivity contribution is 6.30. The van der Waals surface area contributed by atoms with Gasteiger partial charge in [-0.3, -0.25) is 28.9 Å². The second-order valence-corrected chi connectivity index (χ2v) is 15.8. The van der Waals surface area contributed by atoms with Gasteiger partial charge in [0.2, 0.25) is 12.3 Å². The van der Waals surface area contributed by atoms with Crippen molar-refractivity contribution in [3.63, 3.8) is 0 Å². The number of amides is 2. The van der Waals surface area contributed by atoms with Crippen LogP contribution in [-0.4, -0.2) is 71.8 Å². The summed E-state index contributed by atoms with van der Waals surface area (Å²) in [5.74, 6) is -2.53. The van der Waals surface area contributed by atoms with Gasteiger partial charge in [-0.05, 0) is 101 Å². The zero-order chi connectivity index (χ0) is 34.7. The van der Waals surface area contributed by atoms with Crippen molar-refractivity contribution >= 4 is 41.8 Å². The molecule has 0 saturated carbocycles. The van der Waals surface area contributed by atoms with Crippen LogP contribution in [0.25, 0.3) is 0 Å². The SMILES string of the molecule is CC(C)(C)NC(=O)[C@H](c1ccc(Cl)cc1)N(C=O)[C@H]1OC[C@@H](OC(=O)C(C)(C)C)[C@@H](OC(=O)C(C)(C)C)[C@@H]1OC(=O)C(C)(C)C. The molecule has 1 N–H and O–H groups in total. The van der Waals surface area contributed by atoms with E-state index in [0.717, 1.165) is 4.90 Å². The third-order valence-corrected chi connectivity index (χ3v) is 6.88. The fourth-order valence-electron chi connectivity index (χ4n) is 4.11. The van der Waals surface area contributed by atoms with Gasteiger partial charge < -0.3 is 24.3 Å². The van der Waals surface area contributed by atoms with E-state index in [9.17, 15) is 24.0 Å². The van der Waals surface area contributed by atoms with Crippen LogP contribution in [0, 0.1) is 16.2 Å². The molecule has 0 radical (unpaired) electrons.